The second kappa shape index (κ2) is 5.73. The molecule has 2 aliphatic rings. The van der Waals surface area contributed by atoms with Crippen molar-refractivity contribution in [1.82, 2.24) is 4.31 Å². The van der Waals surface area contributed by atoms with Gasteiger partial charge in [0.15, 0.2) is 0 Å². The molecule has 1 saturated heterocycles. The number of ketones is 1. The SMILES string of the molecule is CN(C1CCC(=O)CC1)S(=O)(=O)C1CCS(=O)(=O)CC1. The second-order valence-corrected chi connectivity index (χ2v) is 10.3. The Morgan fingerprint density at radius 2 is 1.55 bits per heavy atom. The van der Waals surface area contributed by atoms with Crippen molar-refractivity contribution >= 4 is 25.6 Å². The first-order valence-corrected chi connectivity index (χ1v) is 10.2. The van der Waals surface area contributed by atoms with E-state index >= 15 is 0 Å². The minimum absolute atomic E-state index is 0.0477. The van der Waals surface area contributed by atoms with Crippen LogP contribution in [-0.4, -0.2) is 56.8 Å². The van der Waals surface area contributed by atoms with Crippen molar-refractivity contribution in [3.8, 4) is 0 Å². The van der Waals surface area contributed by atoms with Crippen molar-refractivity contribution in [3.63, 3.8) is 0 Å². The Morgan fingerprint density at radius 3 is 2.05 bits per heavy atom. The molecule has 0 aromatic heterocycles. The van der Waals surface area contributed by atoms with Crippen molar-refractivity contribution in [2.24, 2.45) is 0 Å². The lowest BCUT2D eigenvalue weighted by molar-refractivity contribution is -0.120. The summed E-state index contributed by atoms with van der Waals surface area (Å²) in [6.45, 7) is 0. The van der Waals surface area contributed by atoms with Gasteiger partial charge in [-0.25, -0.2) is 21.1 Å². The van der Waals surface area contributed by atoms with E-state index in [1.54, 1.807) is 7.05 Å². The number of carbonyl (C=O) groups excluding carboxylic acids is 1. The van der Waals surface area contributed by atoms with E-state index in [1.807, 2.05) is 0 Å². The minimum atomic E-state index is -3.47. The van der Waals surface area contributed by atoms with Gasteiger partial charge in [-0.15, -0.1) is 0 Å². The normalized spacial score (nSPS) is 26.0. The zero-order chi connectivity index (χ0) is 15.0. The number of sulfonamides is 1. The lowest BCUT2D eigenvalue weighted by atomic mass is 9.95. The summed E-state index contributed by atoms with van der Waals surface area (Å²) in [5.74, 6) is 0.0951. The second-order valence-electron chi connectivity index (χ2n) is 5.68. The Labute approximate surface area is 120 Å². The van der Waals surface area contributed by atoms with E-state index in [0.717, 1.165) is 0 Å². The Morgan fingerprint density at radius 1 is 1.05 bits per heavy atom. The maximum atomic E-state index is 12.5. The van der Waals surface area contributed by atoms with Gasteiger partial charge in [-0.05, 0) is 25.7 Å². The van der Waals surface area contributed by atoms with Crippen LogP contribution in [0.25, 0.3) is 0 Å². The van der Waals surface area contributed by atoms with Crippen molar-refractivity contribution in [1.29, 1.82) is 0 Å². The third kappa shape index (κ3) is 3.40. The molecule has 0 amide bonds. The first-order valence-electron chi connectivity index (χ1n) is 6.91. The molecule has 0 unspecified atom stereocenters. The Bertz CT molecular complexity index is 557. The van der Waals surface area contributed by atoms with Crippen LogP contribution in [0.3, 0.4) is 0 Å². The van der Waals surface area contributed by atoms with Gasteiger partial charge in [0.05, 0.1) is 16.8 Å². The molecule has 6 nitrogen and oxygen atoms in total. The quantitative estimate of drug-likeness (QED) is 0.747. The Hall–Kier alpha value is -0.470. The van der Waals surface area contributed by atoms with Gasteiger partial charge in [-0.2, -0.15) is 0 Å². The van der Waals surface area contributed by atoms with Crippen LogP contribution in [-0.2, 0) is 24.7 Å². The van der Waals surface area contributed by atoms with Gasteiger partial charge in [-0.3, -0.25) is 4.79 Å². The fourth-order valence-corrected chi connectivity index (χ4v) is 6.62. The van der Waals surface area contributed by atoms with E-state index in [2.05, 4.69) is 0 Å². The van der Waals surface area contributed by atoms with E-state index < -0.39 is 25.1 Å². The fraction of sp³-hybridized carbons (Fsp3) is 0.917. The van der Waals surface area contributed by atoms with E-state index in [-0.39, 0.29) is 36.2 Å². The number of sulfone groups is 1. The van der Waals surface area contributed by atoms with Crippen LogP contribution in [0.2, 0.25) is 0 Å². The van der Waals surface area contributed by atoms with Gasteiger partial charge in [0.1, 0.15) is 15.6 Å². The van der Waals surface area contributed by atoms with Crippen LogP contribution in [0.4, 0.5) is 0 Å². The summed E-state index contributed by atoms with van der Waals surface area (Å²) in [4.78, 5) is 11.2. The molecular formula is C12H21NO5S2. The van der Waals surface area contributed by atoms with E-state index in [1.165, 1.54) is 4.31 Å². The molecule has 0 aromatic rings. The summed E-state index contributed by atoms with van der Waals surface area (Å²) in [6, 6.07) is -0.128. The molecule has 0 bridgehead atoms. The smallest absolute Gasteiger partial charge is 0.217 e. The van der Waals surface area contributed by atoms with Crippen LogP contribution in [0, 0.1) is 0 Å². The predicted octanol–water partition coefficient (Wildman–Crippen LogP) is 0.337. The summed E-state index contributed by atoms with van der Waals surface area (Å²) < 4.78 is 49.2. The van der Waals surface area contributed by atoms with Crippen LogP contribution < -0.4 is 0 Å². The Kier molecular flexibility index (Phi) is 4.56. The first-order chi connectivity index (χ1) is 9.22. The molecule has 0 spiro atoms. The highest BCUT2D eigenvalue weighted by Gasteiger charge is 2.38. The lowest BCUT2D eigenvalue weighted by Gasteiger charge is -2.34. The zero-order valence-corrected chi connectivity index (χ0v) is 13.2. The summed E-state index contributed by atoms with van der Waals surface area (Å²) in [5.41, 5.74) is 0. The van der Waals surface area contributed by atoms with Gasteiger partial charge >= 0.3 is 0 Å². The van der Waals surface area contributed by atoms with Gasteiger partial charge in [0.2, 0.25) is 10.0 Å². The maximum absolute atomic E-state index is 12.5. The number of rotatable bonds is 3. The van der Waals surface area contributed by atoms with E-state index in [0.29, 0.717) is 25.7 Å². The highest BCUT2D eigenvalue weighted by molar-refractivity contribution is 7.92. The monoisotopic (exact) mass is 323 g/mol. The number of hydrogen-bond acceptors (Lipinski definition) is 5. The van der Waals surface area contributed by atoms with Crippen LogP contribution >= 0.6 is 0 Å². The molecule has 1 aliphatic heterocycles. The predicted molar refractivity (Wildman–Crippen MR) is 75.6 cm³/mol. The van der Waals surface area contributed by atoms with Gasteiger partial charge in [0.25, 0.3) is 0 Å². The van der Waals surface area contributed by atoms with E-state index in [9.17, 15) is 21.6 Å². The third-order valence-electron chi connectivity index (χ3n) is 4.35. The van der Waals surface area contributed by atoms with Crippen LogP contribution in [0.1, 0.15) is 38.5 Å². The highest BCUT2D eigenvalue weighted by atomic mass is 32.2. The number of hydrogen-bond donors (Lipinski definition) is 0. The summed E-state index contributed by atoms with van der Waals surface area (Å²) in [7, 11) is -4.98. The molecule has 8 heteroatoms. The summed E-state index contributed by atoms with van der Waals surface area (Å²) in [6.07, 6.45) is 2.37. The highest BCUT2D eigenvalue weighted by Crippen LogP contribution is 2.27. The average molecular weight is 323 g/mol. The van der Waals surface area contributed by atoms with Crippen LogP contribution in [0.5, 0.6) is 0 Å². The van der Waals surface area contributed by atoms with Crippen molar-refractivity contribution < 1.29 is 21.6 Å². The van der Waals surface area contributed by atoms with Gasteiger partial charge < -0.3 is 0 Å². The topological polar surface area (TPSA) is 88.6 Å². The lowest BCUT2D eigenvalue weighted by Crippen LogP contribution is -2.46. The third-order valence-corrected chi connectivity index (χ3v) is 8.48. The minimum Gasteiger partial charge on any atom is -0.300 e. The maximum Gasteiger partial charge on any atom is 0.217 e. The molecule has 0 atom stereocenters. The molecule has 0 aromatic carbocycles. The molecule has 20 heavy (non-hydrogen) atoms. The molecule has 0 radical (unpaired) electrons. The molecule has 116 valence electrons. The molecule has 1 heterocycles. The average Bonchev–Trinajstić information content (AvgIpc) is 2.38. The van der Waals surface area contributed by atoms with Crippen LogP contribution in [0.15, 0.2) is 0 Å². The number of Topliss-reactive ketones (excluding diaryl/α,β-unsaturated/α-hetero) is 1. The Balaban J connectivity index is 2.04. The summed E-state index contributed by atoms with van der Waals surface area (Å²) >= 11 is 0. The van der Waals surface area contributed by atoms with Crippen molar-refractivity contribution in [2.45, 2.75) is 49.8 Å². The van der Waals surface area contributed by atoms with Gasteiger partial charge in [-0.1, -0.05) is 0 Å². The number of carbonyl (C=O) groups is 1. The summed E-state index contributed by atoms with van der Waals surface area (Å²) in [5, 5.41) is -0.603. The molecule has 2 fully saturated rings. The standard InChI is InChI=1S/C12H21NO5S2/c1-13(10-2-4-11(14)5-3-10)20(17,18)12-6-8-19(15,16)9-7-12/h10,12H,2-9H2,1H3. The first kappa shape index (κ1) is 15.9. The molecule has 2 rings (SSSR count). The van der Waals surface area contributed by atoms with E-state index in [4.69, 9.17) is 0 Å². The zero-order valence-electron chi connectivity index (χ0n) is 11.6. The fourth-order valence-electron chi connectivity index (χ4n) is 2.90. The molecule has 0 N–H and O–H groups in total. The largest absolute Gasteiger partial charge is 0.300 e. The number of nitrogens with zero attached hydrogens (tertiary/aromatic N) is 1. The molecule has 1 saturated carbocycles. The molecule has 1 aliphatic carbocycles. The van der Waals surface area contributed by atoms with Crippen molar-refractivity contribution in [2.75, 3.05) is 18.6 Å². The van der Waals surface area contributed by atoms with Crippen molar-refractivity contribution in [3.05, 3.63) is 0 Å². The van der Waals surface area contributed by atoms with Gasteiger partial charge in [0, 0.05) is 25.9 Å². The molecular weight excluding hydrogens is 302 g/mol.